The SMILES string of the molecule is Cc1csc(CNC(C)C)c1S(=O)(=O)NC1CC(C)C1. The zero-order valence-electron chi connectivity index (χ0n) is 12.6. The Kier molecular flexibility index (Phi) is 4.89. The number of aryl methyl sites for hydroxylation is 1. The highest BCUT2D eigenvalue weighted by atomic mass is 32.2. The molecule has 0 bridgehead atoms. The Morgan fingerprint density at radius 1 is 1.40 bits per heavy atom. The molecule has 2 rings (SSSR count). The molecule has 1 aliphatic rings. The number of hydrogen-bond donors (Lipinski definition) is 2. The van der Waals surface area contributed by atoms with E-state index in [1.165, 1.54) is 11.3 Å². The first-order valence-corrected chi connectivity index (χ1v) is 9.48. The predicted molar refractivity (Wildman–Crippen MR) is 83.5 cm³/mol. The maximum absolute atomic E-state index is 12.6. The van der Waals surface area contributed by atoms with E-state index in [-0.39, 0.29) is 6.04 Å². The molecular weight excluding hydrogens is 292 g/mol. The van der Waals surface area contributed by atoms with Crippen LogP contribution in [0.2, 0.25) is 0 Å². The van der Waals surface area contributed by atoms with Crippen molar-refractivity contribution in [2.75, 3.05) is 0 Å². The molecule has 0 atom stereocenters. The van der Waals surface area contributed by atoms with Crippen LogP contribution in [0.1, 0.15) is 44.1 Å². The van der Waals surface area contributed by atoms with Gasteiger partial charge in [0.1, 0.15) is 4.90 Å². The number of rotatable bonds is 6. The summed E-state index contributed by atoms with van der Waals surface area (Å²) in [6.45, 7) is 8.74. The first-order valence-electron chi connectivity index (χ1n) is 7.12. The van der Waals surface area contributed by atoms with Crippen molar-refractivity contribution in [1.82, 2.24) is 10.0 Å². The molecule has 0 aliphatic heterocycles. The van der Waals surface area contributed by atoms with E-state index in [1.807, 2.05) is 12.3 Å². The molecule has 4 nitrogen and oxygen atoms in total. The van der Waals surface area contributed by atoms with Gasteiger partial charge in [-0.05, 0) is 36.6 Å². The second-order valence-electron chi connectivity index (χ2n) is 6.10. The van der Waals surface area contributed by atoms with Crippen LogP contribution in [0.5, 0.6) is 0 Å². The Morgan fingerprint density at radius 2 is 2.05 bits per heavy atom. The summed E-state index contributed by atoms with van der Waals surface area (Å²) >= 11 is 1.52. The minimum absolute atomic E-state index is 0.111. The van der Waals surface area contributed by atoms with Crippen molar-refractivity contribution in [3.8, 4) is 0 Å². The Bertz CT molecular complexity index is 558. The Hall–Kier alpha value is -0.430. The minimum atomic E-state index is -3.39. The summed E-state index contributed by atoms with van der Waals surface area (Å²) in [6, 6.07) is 0.452. The van der Waals surface area contributed by atoms with E-state index in [9.17, 15) is 8.42 Å². The third-order valence-electron chi connectivity index (χ3n) is 3.62. The van der Waals surface area contributed by atoms with Crippen LogP contribution in [-0.2, 0) is 16.6 Å². The summed E-state index contributed by atoms with van der Waals surface area (Å²) < 4.78 is 28.0. The van der Waals surface area contributed by atoms with Gasteiger partial charge >= 0.3 is 0 Å². The van der Waals surface area contributed by atoms with E-state index in [1.54, 1.807) is 0 Å². The predicted octanol–water partition coefficient (Wildman–Crippen LogP) is 2.63. The number of sulfonamides is 1. The Morgan fingerprint density at radius 3 is 2.60 bits per heavy atom. The molecule has 114 valence electrons. The lowest BCUT2D eigenvalue weighted by Crippen LogP contribution is -2.43. The molecule has 0 saturated heterocycles. The normalized spacial score (nSPS) is 23.1. The number of thiophene rings is 1. The van der Waals surface area contributed by atoms with Gasteiger partial charge in [0, 0.05) is 23.5 Å². The van der Waals surface area contributed by atoms with Gasteiger partial charge in [0.15, 0.2) is 0 Å². The van der Waals surface area contributed by atoms with Gasteiger partial charge < -0.3 is 5.32 Å². The molecule has 6 heteroatoms. The van der Waals surface area contributed by atoms with Gasteiger partial charge in [-0.3, -0.25) is 0 Å². The van der Waals surface area contributed by atoms with Gasteiger partial charge in [-0.2, -0.15) is 0 Å². The molecule has 0 aromatic carbocycles. The molecule has 0 spiro atoms. The van der Waals surface area contributed by atoms with Gasteiger partial charge in [-0.15, -0.1) is 11.3 Å². The average Bonchev–Trinajstić information content (AvgIpc) is 2.66. The van der Waals surface area contributed by atoms with Crippen LogP contribution in [0, 0.1) is 12.8 Å². The third-order valence-corrected chi connectivity index (χ3v) is 6.61. The summed E-state index contributed by atoms with van der Waals surface area (Å²) in [5.41, 5.74) is 0.843. The fourth-order valence-electron chi connectivity index (χ4n) is 2.54. The van der Waals surface area contributed by atoms with Gasteiger partial charge in [-0.1, -0.05) is 20.8 Å². The average molecular weight is 316 g/mol. The van der Waals surface area contributed by atoms with Crippen LogP contribution in [0.3, 0.4) is 0 Å². The van der Waals surface area contributed by atoms with Crippen LogP contribution < -0.4 is 10.0 Å². The third kappa shape index (κ3) is 3.61. The van der Waals surface area contributed by atoms with Gasteiger partial charge in [-0.25, -0.2) is 13.1 Å². The lowest BCUT2D eigenvalue weighted by molar-refractivity contribution is 0.270. The highest BCUT2D eigenvalue weighted by molar-refractivity contribution is 7.89. The van der Waals surface area contributed by atoms with Crippen molar-refractivity contribution < 1.29 is 8.42 Å². The monoisotopic (exact) mass is 316 g/mol. The quantitative estimate of drug-likeness (QED) is 0.848. The second-order valence-corrected chi connectivity index (χ2v) is 8.72. The van der Waals surface area contributed by atoms with E-state index < -0.39 is 10.0 Å². The van der Waals surface area contributed by atoms with Crippen LogP contribution in [0.4, 0.5) is 0 Å². The first kappa shape index (κ1) is 15.9. The van der Waals surface area contributed by atoms with Crippen LogP contribution >= 0.6 is 11.3 Å². The van der Waals surface area contributed by atoms with E-state index in [0.717, 1.165) is 23.3 Å². The molecule has 1 saturated carbocycles. The van der Waals surface area contributed by atoms with Crippen molar-refractivity contribution in [3.63, 3.8) is 0 Å². The first-order chi connectivity index (χ1) is 9.29. The Balaban J connectivity index is 2.15. The van der Waals surface area contributed by atoms with Crippen molar-refractivity contribution in [3.05, 3.63) is 15.8 Å². The summed E-state index contributed by atoms with van der Waals surface area (Å²) in [6.07, 6.45) is 1.89. The summed E-state index contributed by atoms with van der Waals surface area (Å²) in [7, 11) is -3.39. The number of nitrogens with one attached hydrogen (secondary N) is 2. The molecule has 2 N–H and O–H groups in total. The fourth-order valence-corrected chi connectivity index (χ4v) is 5.57. The maximum atomic E-state index is 12.6. The molecule has 1 fully saturated rings. The zero-order chi connectivity index (χ0) is 14.9. The standard InChI is InChI=1S/C14H24N2O2S2/c1-9(2)15-7-13-14(11(4)8-19-13)20(17,18)16-12-5-10(3)6-12/h8-10,12,15-16H,5-7H2,1-4H3. The van der Waals surface area contributed by atoms with Crippen LogP contribution in [0.15, 0.2) is 10.3 Å². The van der Waals surface area contributed by atoms with Gasteiger partial charge in [0.05, 0.1) is 0 Å². The largest absolute Gasteiger partial charge is 0.310 e. The molecule has 0 amide bonds. The second kappa shape index (κ2) is 6.13. The van der Waals surface area contributed by atoms with Crippen molar-refractivity contribution in [1.29, 1.82) is 0 Å². The van der Waals surface area contributed by atoms with E-state index in [0.29, 0.717) is 23.4 Å². The summed E-state index contributed by atoms with van der Waals surface area (Å²) in [5, 5.41) is 5.22. The molecule has 1 aromatic rings. The number of hydrogen-bond acceptors (Lipinski definition) is 4. The van der Waals surface area contributed by atoms with Crippen molar-refractivity contribution in [2.45, 2.75) is 64.1 Å². The maximum Gasteiger partial charge on any atom is 0.242 e. The lowest BCUT2D eigenvalue weighted by atomic mass is 9.83. The molecule has 1 aliphatic carbocycles. The highest BCUT2D eigenvalue weighted by Crippen LogP contribution is 2.31. The van der Waals surface area contributed by atoms with Crippen molar-refractivity contribution >= 4 is 21.4 Å². The van der Waals surface area contributed by atoms with Gasteiger partial charge in [0.25, 0.3) is 0 Å². The van der Waals surface area contributed by atoms with Crippen LogP contribution in [-0.4, -0.2) is 20.5 Å². The van der Waals surface area contributed by atoms with E-state index in [4.69, 9.17) is 0 Å². The molecule has 1 aromatic heterocycles. The minimum Gasteiger partial charge on any atom is -0.310 e. The van der Waals surface area contributed by atoms with Crippen molar-refractivity contribution in [2.24, 2.45) is 5.92 Å². The molecule has 0 unspecified atom stereocenters. The lowest BCUT2D eigenvalue weighted by Gasteiger charge is -2.33. The van der Waals surface area contributed by atoms with Gasteiger partial charge in [0.2, 0.25) is 10.0 Å². The summed E-state index contributed by atoms with van der Waals surface area (Å²) in [5.74, 6) is 0.633. The fraction of sp³-hybridized carbons (Fsp3) is 0.714. The topological polar surface area (TPSA) is 58.2 Å². The van der Waals surface area contributed by atoms with E-state index >= 15 is 0 Å². The molecule has 1 heterocycles. The van der Waals surface area contributed by atoms with Crippen LogP contribution in [0.25, 0.3) is 0 Å². The summed E-state index contributed by atoms with van der Waals surface area (Å²) in [4.78, 5) is 1.38. The smallest absolute Gasteiger partial charge is 0.242 e. The molecular formula is C14H24N2O2S2. The molecule has 20 heavy (non-hydrogen) atoms. The highest BCUT2D eigenvalue weighted by Gasteiger charge is 2.32. The van der Waals surface area contributed by atoms with E-state index in [2.05, 4.69) is 30.8 Å². The molecule has 0 radical (unpaired) electrons. The Labute approximate surface area is 126 Å². The zero-order valence-corrected chi connectivity index (χ0v) is 14.2.